The summed E-state index contributed by atoms with van der Waals surface area (Å²) in [5.74, 6) is 0. The summed E-state index contributed by atoms with van der Waals surface area (Å²) in [6, 6.07) is 17.7. The maximum Gasteiger partial charge on any atom is 0.410 e. The molecule has 6 rings (SSSR count). The minimum atomic E-state index is -0.446. The van der Waals surface area contributed by atoms with Crippen molar-refractivity contribution in [2.45, 2.75) is 135 Å². The number of piperidine rings is 1. The summed E-state index contributed by atoms with van der Waals surface area (Å²) in [4.78, 5) is 16.8. The quantitative estimate of drug-likeness (QED) is 0.282. The van der Waals surface area contributed by atoms with Gasteiger partial charge in [-0.15, -0.1) is 12.4 Å². The predicted molar refractivity (Wildman–Crippen MR) is 220 cm³/mol. The Kier molecular flexibility index (Phi) is 20.6. The lowest BCUT2D eigenvalue weighted by Gasteiger charge is -2.39. The van der Waals surface area contributed by atoms with Crippen LogP contribution in [0.15, 0.2) is 60.7 Å². The van der Waals surface area contributed by atoms with Crippen LogP contribution >= 0.6 is 35.6 Å². The van der Waals surface area contributed by atoms with Crippen molar-refractivity contribution >= 4 is 41.7 Å². The molecule has 3 saturated heterocycles. The van der Waals surface area contributed by atoms with E-state index in [0.717, 1.165) is 74.7 Å². The molecule has 3 heterocycles. The van der Waals surface area contributed by atoms with E-state index in [0.29, 0.717) is 24.2 Å². The number of carbonyl (C=O) groups excluding carboxylic acids is 1. The Morgan fingerprint density at radius 3 is 1.85 bits per heavy atom. The summed E-state index contributed by atoms with van der Waals surface area (Å²) in [5, 5.41) is 5.04. The minimum absolute atomic E-state index is 0. The van der Waals surface area contributed by atoms with Crippen LogP contribution in [-0.2, 0) is 27.1 Å². The molecule has 0 bridgehead atoms. The Bertz CT molecular complexity index is 1310. The SMILES string of the molecule is C.C=C1CCCCC1.CO[C@@H]1CN[C@@H](Cc2ccc(Cl)cc2)C1.CO[C@H]1C[C@H](Cc2ccc(Cl)cc2)N(C2CCN(C(=O)OC(C)(C)C)CC2)C1.Cl. The lowest BCUT2D eigenvalue weighted by molar-refractivity contribution is 0.0124. The topological polar surface area (TPSA) is 63.3 Å². The smallest absolute Gasteiger partial charge is 0.410 e. The number of nitrogens with one attached hydrogen (secondary N) is 1. The Morgan fingerprint density at radius 2 is 1.38 bits per heavy atom. The number of carbonyl (C=O) groups is 1. The molecule has 2 aromatic carbocycles. The molecule has 0 unspecified atom stereocenters. The Hall–Kier alpha value is -1.84. The van der Waals surface area contributed by atoms with Crippen molar-refractivity contribution in [1.82, 2.24) is 15.1 Å². The maximum absolute atomic E-state index is 12.3. The van der Waals surface area contributed by atoms with Crippen molar-refractivity contribution in [3.05, 3.63) is 81.9 Å². The number of rotatable bonds is 7. The second-order valence-corrected chi connectivity index (χ2v) is 16.2. The molecule has 1 amide bonds. The van der Waals surface area contributed by atoms with E-state index in [2.05, 4.69) is 41.1 Å². The summed E-state index contributed by atoms with van der Waals surface area (Å²) in [6.07, 6.45) is 13.4. The van der Waals surface area contributed by atoms with Gasteiger partial charge in [-0.3, -0.25) is 4.90 Å². The number of benzene rings is 2. The number of amides is 1. The standard InChI is InChI=1S/C22H33ClN2O3.C12H16ClNO.C7H12.CH4.ClH/c1-22(2,3)28-21(26)24-11-9-18(10-12-24)25-15-20(27-4)14-19(25)13-16-5-7-17(23)8-6-16;1-15-12-7-11(14-8-12)6-9-2-4-10(13)5-3-9;1-7-5-3-2-4-6-7;;/h5-8,18-20H,9-15H2,1-4H3;2-5,11-12,14H,6-8H2,1H3;1-6H2;1H4;1H/t19-,20-;11-,12-;;;/m00.../s1. The summed E-state index contributed by atoms with van der Waals surface area (Å²) in [5.41, 5.74) is 3.65. The molecule has 0 aromatic heterocycles. The van der Waals surface area contributed by atoms with Gasteiger partial charge in [0.15, 0.2) is 0 Å². The normalized spacial score (nSPS) is 23.7. The first kappa shape index (κ1) is 46.3. The van der Waals surface area contributed by atoms with E-state index in [-0.39, 0.29) is 32.0 Å². The van der Waals surface area contributed by atoms with Crippen LogP contribution in [0.2, 0.25) is 10.0 Å². The van der Waals surface area contributed by atoms with Crippen molar-refractivity contribution in [3.8, 4) is 0 Å². The molecular weight excluding hydrogens is 717 g/mol. The van der Waals surface area contributed by atoms with Gasteiger partial charge in [0.1, 0.15) is 5.60 Å². The molecule has 294 valence electrons. The number of likely N-dealkylation sites (tertiary alicyclic amines) is 2. The van der Waals surface area contributed by atoms with Crippen LogP contribution in [0.4, 0.5) is 4.79 Å². The lowest BCUT2D eigenvalue weighted by atomic mass is 9.97. The predicted octanol–water partition coefficient (Wildman–Crippen LogP) is 10.2. The Balaban J connectivity index is 0.000000325. The van der Waals surface area contributed by atoms with Gasteiger partial charge in [0.05, 0.1) is 12.2 Å². The molecular formula is C42H66Cl3N3O4. The molecule has 1 N–H and O–H groups in total. The highest BCUT2D eigenvalue weighted by Crippen LogP contribution is 2.30. The van der Waals surface area contributed by atoms with Gasteiger partial charge in [-0.05, 0) is 120 Å². The van der Waals surface area contributed by atoms with Crippen LogP contribution in [0.25, 0.3) is 0 Å². The fourth-order valence-electron chi connectivity index (χ4n) is 7.39. The summed E-state index contributed by atoms with van der Waals surface area (Å²) >= 11 is 11.9. The number of hydrogen-bond donors (Lipinski definition) is 1. The number of allylic oxidation sites excluding steroid dienone is 1. The fraction of sp³-hybridized carbons (Fsp3) is 0.643. The summed E-state index contributed by atoms with van der Waals surface area (Å²) in [6.45, 7) is 13.1. The number of hydrogen-bond acceptors (Lipinski definition) is 6. The summed E-state index contributed by atoms with van der Waals surface area (Å²) in [7, 11) is 3.58. The van der Waals surface area contributed by atoms with Crippen molar-refractivity contribution in [1.29, 1.82) is 0 Å². The van der Waals surface area contributed by atoms with Crippen LogP contribution < -0.4 is 5.32 Å². The molecule has 52 heavy (non-hydrogen) atoms. The van der Waals surface area contributed by atoms with E-state index >= 15 is 0 Å². The molecule has 0 radical (unpaired) electrons. The van der Waals surface area contributed by atoms with E-state index < -0.39 is 5.60 Å². The average molecular weight is 783 g/mol. The summed E-state index contributed by atoms with van der Waals surface area (Å²) < 4.78 is 16.5. The molecule has 4 aliphatic rings. The number of halogens is 3. The molecule has 4 fully saturated rings. The number of methoxy groups -OCH3 is 2. The highest BCUT2D eigenvalue weighted by Gasteiger charge is 2.38. The van der Waals surface area contributed by atoms with Crippen molar-refractivity contribution in [3.63, 3.8) is 0 Å². The zero-order chi connectivity index (χ0) is 36.1. The van der Waals surface area contributed by atoms with E-state index in [1.165, 1.54) is 48.8 Å². The van der Waals surface area contributed by atoms with Gasteiger partial charge < -0.3 is 24.4 Å². The van der Waals surface area contributed by atoms with Crippen LogP contribution in [0.1, 0.15) is 97.1 Å². The molecule has 1 aliphatic carbocycles. The van der Waals surface area contributed by atoms with Gasteiger partial charge in [-0.1, -0.05) is 73.5 Å². The zero-order valence-electron chi connectivity index (χ0n) is 31.5. The lowest BCUT2D eigenvalue weighted by Crippen LogP contribution is -2.49. The van der Waals surface area contributed by atoms with E-state index in [1.54, 1.807) is 14.2 Å². The van der Waals surface area contributed by atoms with Gasteiger partial charge in [0.2, 0.25) is 0 Å². The monoisotopic (exact) mass is 781 g/mol. The highest BCUT2D eigenvalue weighted by molar-refractivity contribution is 6.30. The average Bonchev–Trinajstić information content (AvgIpc) is 3.74. The van der Waals surface area contributed by atoms with Crippen LogP contribution in [-0.4, -0.2) is 92.2 Å². The van der Waals surface area contributed by atoms with E-state index in [9.17, 15) is 4.79 Å². The zero-order valence-corrected chi connectivity index (χ0v) is 33.8. The second kappa shape index (κ2) is 23.2. The fourth-order valence-corrected chi connectivity index (χ4v) is 7.64. The number of nitrogens with zero attached hydrogens (tertiary/aromatic N) is 2. The van der Waals surface area contributed by atoms with Crippen molar-refractivity contribution < 1.29 is 19.0 Å². The maximum atomic E-state index is 12.3. The third-order valence-corrected chi connectivity index (χ3v) is 10.7. The third kappa shape index (κ3) is 15.9. The molecule has 2 aromatic rings. The first-order valence-corrected chi connectivity index (χ1v) is 19.4. The van der Waals surface area contributed by atoms with Crippen LogP contribution in [0.3, 0.4) is 0 Å². The van der Waals surface area contributed by atoms with Gasteiger partial charge in [0, 0.05) is 68.6 Å². The Morgan fingerprint density at radius 1 is 0.846 bits per heavy atom. The van der Waals surface area contributed by atoms with Gasteiger partial charge in [-0.25, -0.2) is 4.79 Å². The number of ether oxygens (including phenoxy) is 3. The molecule has 7 nitrogen and oxygen atoms in total. The van der Waals surface area contributed by atoms with Gasteiger partial charge in [0.25, 0.3) is 0 Å². The molecule has 10 heteroatoms. The third-order valence-electron chi connectivity index (χ3n) is 10.2. The Labute approximate surface area is 331 Å². The molecule has 4 atom stereocenters. The molecule has 3 aliphatic heterocycles. The molecule has 1 saturated carbocycles. The minimum Gasteiger partial charge on any atom is -0.444 e. The first-order valence-electron chi connectivity index (χ1n) is 18.6. The highest BCUT2D eigenvalue weighted by atomic mass is 35.5. The van der Waals surface area contributed by atoms with Gasteiger partial charge in [-0.2, -0.15) is 0 Å². The van der Waals surface area contributed by atoms with Crippen molar-refractivity contribution in [2.75, 3.05) is 40.4 Å². The first-order chi connectivity index (χ1) is 23.9. The largest absolute Gasteiger partial charge is 0.444 e. The molecule has 0 spiro atoms. The van der Waals surface area contributed by atoms with Crippen LogP contribution in [0, 0.1) is 0 Å². The van der Waals surface area contributed by atoms with Gasteiger partial charge >= 0.3 is 6.09 Å². The van der Waals surface area contributed by atoms with Crippen molar-refractivity contribution in [2.24, 2.45) is 0 Å². The van der Waals surface area contributed by atoms with E-state index in [1.807, 2.05) is 49.9 Å². The van der Waals surface area contributed by atoms with E-state index in [4.69, 9.17) is 37.4 Å². The second-order valence-electron chi connectivity index (χ2n) is 15.3. The van der Waals surface area contributed by atoms with Crippen LogP contribution in [0.5, 0.6) is 0 Å².